The number of carbonyl (C=O) groups is 1. The summed E-state index contributed by atoms with van der Waals surface area (Å²) in [7, 11) is 0. The molecule has 2 amide bonds. The Kier molecular flexibility index (Phi) is 5.01. The summed E-state index contributed by atoms with van der Waals surface area (Å²) in [5.74, 6) is 0. The van der Waals surface area contributed by atoms with Crippen molar-refractivity contribution in [1.29, 1.82) is 0 Å². The van der Waals surface area contributed by atoms with E-state index in [4.69, 9.17) is 41.2 Å². The summed E-state index contributed by atoms with van der Waals surface area (Å²) in [6.45, 7) is 0. The highest BCUT2D eigenvalue weighted by molar-refractivity contribution is 7.80. The average Bonchev–Trinajstić information content (AvgIpc) is 2.43. The molecule has 0 unspecified atom stereocenters. The third kappa shape index (κ3) is 4.32. The number of anilines is 2. The minimum absolute atomic E-state index is 0.261. The smallest absolute Gasteiger partial charge is 0.323 e. The van der Waals surface area contributed by atoms with Crippen LogP contribution >= 0.6 is 35.4 Å². The maximum atomic E-state index is 11.9. The summed E-state index contributed by atoms with van der Waals surface area (Å²) in [6.07, 6.45) is 0. The summed E-state index contributed by atoms with van der Waals surface area (Å²) in [6, 6.07) is 11.3. The van der Waals surface area contributed by atoms with Gasteiger partial charge in [0.05, 0.1) is 10.7 Å². The van der Waals surface area contributed by atoms with Gasteiger partial charge in [0.15, 0.2) is 0 Å². The molecule has 0 aliphatic rings. The fourth-order valence-electron chi connectivity index (χ4n) is 1.63. The van der Waals surface area contributed by atoms with Crippen molar-refractivity contribution in [2.75, 3.05) is 10.6 Å². The number of nitrogens with two attached hydrogens (primary N) is 1. The number of thiocarbonyl (C=S) groups is 1. The van der Waals surface area contributed by atoms with Crippen LogP contribution in [0.2, 0.25) is 10.0 Å². The number of amides is 2. The second-order valence-electron chi connectivity index (χ2n) is 4.15. The lowest BCUT2D eigenvalue weighted by Gasteiger charge is -2.10. The molecule has 0 spiro atoms. The number of hydrogen-bond donors (Lipinski definition) is 3. The second-order valence-corrected chi connectivity index (χ2v) is 5.43. The van der Waals surface area contributed by atoms with Gasteiger partial charge in [0.2, 0.25) is 0 Å². The van der Waals surface area contributed by atoms with Crippen molar-refractivity contribution in [2.45, 2.75) is 0 Å². The predicted molar refractivity (Wildman–Crippen MR) is 91.4 cm³/mol. The summed E-state index contributed by atoms with van der Waals surface area (Å²) in [5, 5.41) is 6.15. The van der Waals surface area contributed by atoms with E-state index in [0.717, 1.165) is 0 Å². The first kappa shape index (κ1) is 15.6. The van der Waals surface area contributed by atoms with Crippen molar-refractivity contribution in [3.05, 3.63) is 58.1 Å². The fraction of sp³-hybridized carbons (Fsp3) is 0. The molecule has 2 aromatic rings. The number of urea groups is 1. The number of benzene rings is 2. The summed E-state index contributed by atoms with van der Waals surface area (Å²) in [5.41, 5.74) is 7.20. The molecule has 108 valence electrons. The van der Waals surface area contributed by atoms with E-state index in [9.17, 15) is 4.79 Å². The van der Waals surface area contributed by atoms with Crippen molar-refractivity contribution in [1.82, 2.24) is 0 Å². The number of hydrogen-bond acceptors (Lipinski definition) is 2. The molecule has 2 rings (SSSR count). The van der Waals surface area contributed by atoms with Crippen LogP contribution in [0.1, 0.15) is 5.56 Å². The lowest BCUT2D eigenvalue weighted by Crippen LogP contribution is -2.20. The zero-order valence-electron chi connectivity index (χ0n) is 10.7. The lowest BCUT2D eigenvalue weighted by molar-refractivity contribution is 0.262. The molecule has 0 atom stereocenters. The molecule has 0 fully saturated rings. The average molecular weight is 340 g/mol. The minimum Gasteiger partial charge on any atom is -0.389 e. The van der Waals surface area contributed by atoms with E-state index in [1.54, 1.807) is 42.5 Å². The third-order valence-corrected chi connectivity index (χ3v) is 3.38. The van der Waals surface area contributed by atoms with Gasteiger partial charge in [-0.2, -0.15) is 0 Å². The van der Waals surface area contributed by atoms with E-state index in [1.807, 2.05) is 0 Å². The van der Waals surface area contributed by atoms with Crippen LogP contribution in [0.25, 0.3) is 0 Å². The highest BCUT2D eigenvalue weighted by atomic mass is 35.5. The Balaban J connectivity index is 2.10. The van der Waals surface area contributed by atoms with Crippen molar-refractivity contribution < 1.29 is 4.79 Å². The maximum absolute atomic E-state index is 11.9. The zero-order chi connectivity index (χ0) is 15.4. The Morgan fingerprint density at radius 2 is 1.86 bits per heavy atom. The number of rotatable bonds is 3. The Bertz CT molecular complexity index is 706. The standard InChI is InChI=1S/C14H11Cl2N3OS/c15-9-4-5-11(16)12(7-9)19-14(20)18-10-3-1-2-8(6-10)13(17)21/h1-7H,(H2,17,21)(H2,18,19,20). The van der Waals surface area contributed by atoms with Crippen LogP contribution in [0, 0.1) is 0 Å². The Labute approximate surface area is 137 Å². The summed E-state index contributed by atoms with van der Waals surface area (Å²) in [4.78, 5) is 12.2. The molecule has 0 saturated heterocycles. The minimum atomic E-state index is -0.445. The molecular weight excluding hydrogens is 329 g/mol. The summed E-state index contributed by atoms with van der Waals surface area (Å²) < 4.78 is 0. The van der Waals surface area contributed by atoms with E-state index in [2.05, 4.69) is 10.6 Å². The van der Waals surface area contributed by atoms with Gasteiger partial charge >= 0.3 is 6.03 Å². The molecule has 0 bridgehead atoms. The van der Waals surface area contributed by atoms with Gasteiger partial charge in [-0.1, -0.05) is 47.6 Å². The topological polar surface area (TPSA) is 67.1 Å². The highest BCUT2D eigenvalue weighted by Gasteiger charge is 2.07. The van der Waals surface area contributed by atoms with Crippen molar-refractivity contribution in [2.24, 2.45) is 5.73 Å². The molecule has 21 heavy (non-hydrogen) atoms. The van der Waals surface area contributed by atoms with Gasteiger partial charge in [0.25, 0.3) is 0 Å². The molecule has 0 aliphatic carbocycles. The zero-order valence-corrected chi connectivity index (χ0v) is 13.0. The Morgan fingerprint density at radius 3 is 2.57 bits per heavy atom. The second kappa shape index (κ2) is 6.76. The molecule has 4 N–H and O–H groups in total. The van der Waals surface area contributed by atoms with Gasteiger partial charge in [0, 0.05) is 16.3 Å². The maximum Gasteiger partial charge on any atom is 0.323 e. The van der Waals surface area contributed by atoms with Gasteiger partial charge in [-0.05, 0) is 30.3 Å². The van der Waals surface area contributed by atoms with E-state index in [1.165, 1.54) is 0 Å². The molecule has 0 heterocycles. The first-order chi connectivity index (χ1) is 9.95. The largest absolute Gasteiger partial charge is 0.389 e. The van der Waals surface area contributed by atoms with Gasteiger partial charge < -0.3 is 16.4 Å². The third-order valence-electron chi connectivity index (χ3n) is 2.58. The quantitative estimate of drug-likeness (QED) is 0.731. The highest BCUT2D eigenvalue weighted by Crippen LogP contribution is 2.25. The van der Waals surface area contributed by atoms with Crippen LogP contribution in [0.15, 0.2) is 42.5 Å². The molecule has 2 aromatic carbocycles. The van der Waals surface area contributed by atoms with Gasteiger partial charge in [0.1, 0.15) is 4.99 Å². The van der Waals surface area contributed by atoms with Gasteiger partial charge in [-0.3, -0.25) is 0 Å². The van der Waals surface area contributed by atoms with E-state index < -0.39 is 6.03 Å². The Morgan fingerprint density at radius 1 is 1.10 bits per heavy atom. The van der Waals surface area contributed by atoms with Crippen molar-refractivity contribution in [3.8, 4) is 0 Å². The van der Waals surface area contributed by atoms with Crippen LogP contribution < -0.4 is 16.4 Å². The Hall–Kier alpha value is -1.82. The molecular formula is C14H11Cl2N3OS. The van der Waals surface area contributed by atoms with E-state index in [-0.39, 0.29) is 4.99 Å². The molecule has 0 saturated carbocycles. The monoisotopic (exact) mass is 339 g/mol. The van der Waals surface area contributed by atoms with Crippen LogP contribution in [-0.2, 0) is 0 Å². The molecule has 4 nitrogen and oxygen atoms in total. The first-order valence-electron chi connectivity index (χ1n) is 5.88. The predicted octanol–water partition coefficient (Wildman–Crippen LogP) is 4.27. The van der Waals surface area contributed by atoms with E-state index >= 15 is 0 Å². The van der Waals surface area contributed by atoms with Crippen molar-refractivity contribution in [3.63, 3.8) is 0 Å². The normalized spacial score (nSPS) is 10.0. The number of carbonyl (C=O) groups excluding carboxylic acids is 1. The van der Waals surface area contributed by atoms with E-state index in [0.29, 0.717) is 27.0 Å². The van der Waals surface area contributed by atoms with Gasteiger partial charge in [-0.15, -0.1) is 0 Å². The fourth-order valence-corrected chi connectivity index (χ4v) is 2.09. The molecule has 0 radical (unpaired) electrons. The summed E-state index contributed by atoms with van der Waals surface area (Å²) >= 11 is 16.7. The number of nitrogens with one attached hydrogen (secondary N) is 2. The molecule has 0 aromatic heterocycles. The molecule has 7 heteroatoms. The van der Waals surface area contributed by atoms with Crippen LogP contribution in [-0.4, -0.2) is 11.0 Å². The number of halogens is 2. The first-order valence-corrected chi connectivity index (χ1v) is 7.05. The van der Waals surface area contributed by atoms with Crippen LogP contribution in [0.3, 0.4) is 0 Å². The lowest BCUT2D eigenvalue weighted by atomic mass is 10.2. The van der Waals surface area contributed by atoms with Crippen LogP contribution in [0.5, 0.6) is 0 Å². The van der Waals surface area contributed by atoms with Gasteiger partial charge in [-0.25, -0.2) is 4.79 Å². The van der Waals surface area contributed by atoms with Crippen LogP contribution in [0.4, 0.5) is 16.2 Å². The molecule has 0 aliphatic heterocycles. The SMILES string of the molecule is NC(=S)c1cccc(NC(=O)Nc2cc(Cl)ccc2Cl)c1. The van der Waals surface area contributed by atoms with Crippen molar-refractivity contribution >= 4 is 57.8 Å².